The maximum Gasteiger partial charge on any atom is 0.182 e. The number of aromatic nitrogens is 5. The van der Waals surface area contributed by atoms with Crippen LogP contribution in [0.5, 0.6) is 0 Å². The Balaban J connectivity index is 1.57. The third kappa shape index (κ3) is 4.00. The van der Waals surface area contributed by atoms with Gasteiger partial charge < -0.3 is 9.47 Å². The van der Waals surface area contributed by atoms with Gasteiger partial charge in [0.15, 0.2) is 5.65 Å². The quantitative estimate of drug-likeness (QED) is 0.591. The first-order valence-electron chi connectivity index (χ1n) is 11.4. The number of piperazine rings is 1. The van der Waals surface area contributed by atoms with Crippen molar-refractivity contribution in [2.24, 2.45) is 13.0 Å². The van der Waals surface area contributed by atoms with Crippen molar-refractivity contribution in [1.29, 1.82) is 0 Å². The molecule has 0 saturated carbocycles. The SMILES string of the molecule is CC1C=C(c2nn(CCN3CCN(C)CC3)c3nnc(-c4cccn4C)c(Cl)c23)C=CC1. The van der Waals surface area contributed by atoms with Crippen LogP contribution in [-0.2, 0) is 13.6 Å². The first-order valence-corrected chi connectivity index (χ1v) is 11.7. The van der Waals surface area contributed by atoms with E-state index in [2.05, 4.69) is 52.2 Å². The lowest BCUT2D eigenvalue weighted by molar-refractivity contribution is 0.149. The number of allylic oxidation sites excluding steroid dienone is 4. The summed E-state index contributed by atoms with van der Waals surface area (Å²) in [5.74, 6) is 0.474. The number of likely N-dealkylation sites (N-methyl/N-ethyl adjacent to an activating group) is 1. The van der Waals surface area contributed by atoms with Gasteiger partial charge in [-0.05, 0) is 37.1 Å². The molecule has 0 amide bonds. The number of aryl methyl sites for hydroxylation is 1. The van der Waals surface area contributed by atoms with Crippen molar-refractivity contribution in [3.63, 3.8) is 0 Å². The first-order chi connectivity index (χ1) is 15.5. The molecule has 3 aromatic heterocycles. The summed E-state index contributed by atoms with van der Waals surface area (Å²) >= 11 is 7.01. The van der Waals surface area contributed by atoms with Gasteiger partial charge in [-0.2, -0.15) is 5.10 Å². The molecule has 1 aliphatic carbocycles. The number of hydrogen-bond donors (Lipinski definition) is 0. The molecule has 0 N–H and O–H groups in total. The average molecular weight is 452 g/mol. The van der Waals surface area contributed by atoms with E-state index in [0.717, 1.165) is 73.7 Å². The summed E-state index contributed by atoms with van der Waals surface area (Å²) < 4.78 is 4.01. The second-order valence-electron chi connectivity index (χ2n) is 9.02. The smallest absolute Gasteiger partial charge is 0.182 e. The lowest BCUT2D eigenvalue weighted by atomic mass is 9.95. The molecule has 7 nitrogen and oxygen atoms in total. The number of halogens is 1. The van der Waals surface area contributed by atoms with E-state index in [4.69, 9.17) is 16.7 Å². The number of fused-ring (bicyclic) bond motifs is 1. The Morgan fingerprint density at radius 1 is 1.06 bits per heavy atom. The zero-order chi connectivity index (χ0) is 22.2. The van der Waals surface area contributed by atoms with Gasteiger partial charge in [0, 0.05) is 46.0 Å². The summed E-state index contributed by atoms with van der Waals surface area (Å²) in [5, 5.41) is 15.7. The van der Waals surface area contributed by atoms with Gasteiger partial charge in [-0.1, -0.05) is 36.8 Å². The molecule has 0 bridgehead atoms. The zero-order valence-electron chi connectivity index (χ0n) is 19.0. The van der Waals surface area contributed by atoms with Gasteiger partial charge in [0.1, 0.15) is 11.4 Å². The highest BCUT2D eigenvalue weighted by Gasteiger charge is 2.24. The molecule has 8 heteroatoms. The molecule has 1 unspecified atom stereocenters. The molecule has 3 aromatic rings. The molecule has 0 spiro atoms. The Labute approximate surface area is 194 Å². The predicted octanol–water partition coefficient (Wildman–Crippen LogP) is 3.71. The van der Waals surface area contributed by atoms with Gasteiger partial charge in [0.25, 0.3) is 0 Å². The standard InChI is InChI=1S/C24H30ClN7/c1-17-6-4-7-18(16-17)22-20-21(25)23(19-8-5-9-30(19)3)26-27-24(20)32(28-22)15-14-31-12-10-29(2)11-13-31/h4-5,7-9,16-17H,6,10-15H2,1-3H3. The Bertz CT molecular complexity index is 1180. The van der Waals surface area contributed by atoms with Crippen LogP contribution in [0.15, 0.2) is 36.6 Å². The van der Waals surface area contributed by atoms with E-state index in [9.17, 15) is 0 Å². The van der Waals surface area contributed by atoms with Gasteiger partial charge in [0.2, 0.25) is 0 Å². The van der Waals surface area contributed by atoms with Gasteiger partial charge in [-0.25, -0.2) is 4.68 Å². The average Bonchev–Trinajstić information content (AvgIpc) is 3.38. The van der Waals surface area contributed by atoms with Gasteiger partial charge in [0.05, 0.1) is 22.6 Å². The molecule has 1 atom stereocenters. The monoisotopic (exact) mass is 451 g/mol. The highest BCUT2D eigenvalue weighted by Crippen LogP contribution is 2.37. The van der Waals surface area contributed by atoms with Crippen molar-refractivity contribution in [3.8, 4) is 11.4 Å². The topological polar surface area (TPSA) is 55.0 Å². The number of hydrogen-bond acceptors (Lipinski definition) is 5. The van der Waals surface area contributed by atoms with E-state index < -0.39 is 0 Å². The summed E-state index contributed by atoms with van der Waals surface area (Å²) in [4.78, 5) is 4.86. The maximum absolute atomic E-state index is 7.01. The second kappa shape index (κ2) is 8.81. The van der Waals surface area contributed by atoms with Crippen molar-refractivity contribution in [3.05, 3.63) is 47.3 Å². The minimum absolute atomic E-state index is 0.474. The molecule has 4 heterocycles. The normalized spacial score (nSPS) is 20.2. The molecular formula is C24H30ClN7. The molecule has 168 valence electrons. The van der Waals surface area contributed by atoms with Gasteiger partial charge in [-0.15, -0.1) is 10.2 Å². The van der Waals surface area contributed by atoms with E-state index in [-0.39, 0.29) is 0 Å². The zero-order valence-corrected chi connectivity index (χ0v) is 19.8. The van der Waals surface area contributed by atoms with Crippen molar-refractivity contribution in [2.45, 2.75) is 19.9 Å². The summed E-state index contributed by atoms with van der Waals surface area (Å²) in [6.45, 7) is 8.30. The fourth-order valence-electron chi connectivity index (χ4n) is 4.55. The van der Waals surface area contributed by atoms with Crippen molar-refractivity contribution < 1.29 is 0 Å². The fraction of sp³-hybridized carbons (Fsp3) is 0.458. The Morgan fingerprint density at radius 3 is 2.59 bits per heavy atom. The highest BCUT2D eigenvalue weighted by atomic mass is 35.5. The number of nitrogens with zero attached hydrogens (tertiary/aromatic N) is 7. The Kier molecular flexibility index (Phi) is 5.88. The van der Waals surface area contributed by atoms with E-state index in [1.54, 1.807) is 0 Å². The Hall–Kier alpha value is -2.48. The molecular weight excluding hydrogens is 422 g/mol. The molecule has 1 saturated heterocycles. The van der Waals surface area contributed by atoms with Crippen LogP contribution in [0, 0.1) is 5.92 Å². The van der Waals surface area contributed by atoms with Crippen LogP contribution in [-0.4, -0.2) is 74.1 Å². The number of rotatable bonds is 5. The summed E-state index contributed by atoms with van der Waals surface area (Å²) in [7, 11) is 4.17. The summed E-state index contributed by atoms with van der Waals surface area (Å²) in [6, 6.07) is 4.01. The van der Waals surface area contributed by atoms with E-state index in [1.807, 2.05) is 34.6 Å². The summed E-state index contributed by atoms with van der Waals surface area (Å²) in [5.41, 5.74) is 4.41. The lowest BCUT2D eigenvalue weighted by Crippen LogP contribution is -2.45. The molecule has 32 heavy (non-hydrogen) atoms. The molecule has 0 radical (unpaired) electrons. The molecule has 0 aromatic carbocycles. The third-order valence-electron chi connectivity index (χ3n) is 6.55. The lowest BCUT2D eigenvalue weighted by Gasteiger charge is -2.32. The fourth-order valence-corrected chi connectivity index (χ4v) is 4.86. The van der Waals surface area contributed by atoms with Crippen LogP contribution < -0.4 is 0 Å². The van der Waals surface area contributed by atoms with E-state index >= 15 is 0 Å². The van der Waals surface area contributed by atoms with Crippen molar-refractivity contribution in [2.75, 3.05) is 39.8 Å². The Morgan fingerprint density at radius 2 is 1.88 bits per heavy atom. The minimum Gasteiger partial charge on any atom is -0.349 e. The molecule has 1 fully saturated rings. The maximum atomic E-state index is 7.01. The molecule has 5 rings (SSSR count). The van der Waals surface area contributed by atoms with E-state index in [0.29, 0.717) is 16.6 Å². The largest absolute Gasteiger partial charge is 0.349 e. The first kappa shape index (κ1) is 21.4. The highest BCUT2D eigenvalue weighted by molar-refractivity contribution is 6.38. The van der Waals surface area contributed by atoms with Gasteiger partial charge >= 0.3 is 0 Å². The summed E-state index contributed by atoms with van der Waals surface area (Å²) in [6.07, 6.45) is 9.70. The van der Waals surface area contributed by atoms with Crippen LogP contribution in [0.2, 0.25) is 5.02 Å². The molecule has 1 aliphatic heterocycles. The minimum atomic E-state index is 0.474. The van der Waals surface area contributed by atoms with Crippen molar-refractivity contribution in [1.82, 2.24) is 34.3 Å². The third-order valence-corrected chi connectivity index (χ3v) is 6.92. The second-order valence-corrected chi connectivity index (χ2v) is 9.40. The van der Waals surface area contributed by atoms with Crippen LogP contribution in [0.25, 0.3) is 28.0 Å². The van der Waals surface area contributed by atoms with Crippen LogP contribution >= 0.6 is 11.6 Å². The molecule has 2 aliphatic rings. The van der Waals surface area contributed by atoms with E-state index in [1.165, 1.54) is 0 Å². The van der Waals surface area contributed by atoms with Crippen LogP contribution in [0.3, 0.4) is 0 Å². The van der Waals surface area contributed by atoms with Crippen molar-refractivity contribution >= 4 is 28.2 Å². The van der Waals surface area contributed by atoms with Gasteiger partial charge in [-0.3, -0.25) is 4.90 Å². The van der Waals surface area contributed by atoms with Crippen LogP contribution in [0.1, 0.15) is 19.0 Å². The van der Waals surface area contributed by atoms with Crippen LogP contribution in [0.4, 0.5) is 0 Å². The predicted molar refractivity (Wildman–Crippen MR) is 130 cm³/mol.